The molecule has 4 rings (SSSR count). The van der Waals surface area contributed by atoms with Crippen molar-refractivity contribution >= 4 is 22.8 Å². The number of hydrogen-bond donors (Lipinski definition) is 3. The first-order valence-corrected chi connectivity index (χ1v) is 11.2. The molecule has 3 N–H and O–H groups in total. The summed E-state index contributed by atoms with van der Waals surface area (Å²) in [6, 6.07) is 17.2. The zero-order chi connectivity index (χ0) is 24.1. The lowest BCUT2D eigenvalue weighted by atomic mass is 10.1. The van der Waals surface area contributed by atoms with Crippen LogP contribution in [0.1, 0.15) is 51.5 Å². The highest BCUT2D eigenvalue weighted by molar-refractivity contribution is 5.99. The van der Waals surface area contributed by atoms with E-state index in [0.29, 0.717) is 12.4 Å². The van der Waals surface area contributed by atoms with E-state index in [-0.39, 0.29) is 11.1 Å². The Hall–Kier alpha value is -4.20. The molecule has 1 atom stereocenters. The number of hydrogen-bond acceptors (Lipinski definition) is 4. The Bertz CT molecular complexity index is 1340. The van der Waals surface area contributed by atoms with E-state index >= 15 is 0 Å². The first-order valence-electron chi connectivity index (χ1n) is 11.2. The fourth-order valence-corrected chi connectivity index (χ4v) is 3.85. The van der Waals surface area contributed by atoms with Crippen LogP contribution in [0, 0.1) is 0 Å². The summed E-state index contributed by atoms with van der Waals surface area (Å²) < 4.78 is 1.73. The lowest BCUT2D eigenvalue weighted by molar-refractivity contribution is 0.0936. The molecule has 2 aromatic carbocycles. The predicted molar refractivity (Wildman–Crippen MR) is 131 cm³/mol. The van der Waals surface area contributed by atoms with Crippen molar-refractivity contribution in [3.8, 4) is 0 Å². The Morgan fingerprint density at radius 2 is 1.68 bits per heavy atom. The number of amides is 2. The minimum absolute atomic E-state index is 0.0637. The van der Waals surface area contributed by atoms with E-state index in [1.165, 1.54) is 25.0 Å². The number of aryl methyl sites for hydroxylation is 2. The molecule has 0 radical (unpaired) electrons. The van der Waals surface area contributed by atoms with Gasteiger partial charge in [-0.2, -0.15) is 0 Å². The maximum Gasteiger partial charge on any atom is 0.257 e. The number of H-pyrrole nitrogens is 1. The van der Waals surface area contributed by atoms with Gasteiger partial charge in [-0.05, 0) is 37.5 Å². The molecule has 8 heteroatoms. The zero-order valence-electron chi connectivity index (χ0n) is 19.2. The van der Waals surface area contributed by atoms with Crippen LogP contribution in [-0.2, 0) is 13.0 Å². The number of para-hydroxylation sites is 2. The number of benzene rings is 2. The van der Waals surface area contributed by atoms with Crippen molar-refractivity contribution in [2.24, 2.45) is 0 Å². The second-order valence-electron chi connectivity index (χ2n) is 8.16. The van der Waals surface area contributed by atoms with Crippen LogP contribution in [0.3, 0.4) is 0 Å². The maximum absolute atomic E-state index is 13.1. The van der Waals surface area contributed by atoms with Crippen molar-refractivity contribution in [3.63, 3.8) is 0 Å². The molecule has 4 aromatic rings. The van der Waals surface area contributed by atoms with Crippen LogP contribution in [0.25, 0.3) is 11.0 Å². The number of pyridine rings is 1. The number of aromatic amines is 1. The summed E-state index contributed by atoms with van der Waals surface area (Å²) in [7, 11) is 1.46. The number of nitrogens with zero attached hydrogens (tertiary/aromatic N) is 2. The molecular formula is C26H27N5O3. The maximum atomic E-state index is 13.1. The summed E-state index contributed by atoms with van der Waals surface area (Å²) in [5, 5.41) is 5.31. The van der Waals surface area contributed by atoms with Gasteiger partial charge in [-0.25, -0.2) is 4.98 Å². The minimum atomic E-state index is -0.604. The van der Waals surface area contributed by atoms with Crippen molar-refractivity contribution in [2.75, 3.05) is 7.05 Å². The van der Waals surface area contributed by atoms with Crippen molar-refractivity contribution < 1.29 is 9.59 Å². The topological polar surface area (TPSA) is 109 Å². The van der Waals surface area contributed by atoms with Crippen molar-refractivity contribution in [1.82, 2.24) is 25.2 Å². The van der Waals surface area contributed by atoms with Crippen LogP contribution in [0.5, 0.6) is 0 Å². The second-order valence-corrected chi connectivity index (χ2v) is 8.16. The van der Waals surface area contributed by atoms with Crippen molar-refractivity contribution in [3.05, 3.63) is 99.7 Å². The SMILES string of the molecule is CNC(=O)c1cn(CCCc2ccccc2)cc(C(=O)NC(C)c2nc3ccccc3[nH]2)c1=O. The molecule has 0 spiro atoms. The Morgan fingerprint density at radius 3 is 2.38 bits per heavy atom. The van der Waals surface area contributed by atoms with Gasteiger partial charge >= 0.3 is 0 Å². The van der Waals surface area contributed by atoms with E-state index in [9.17, 15) is 14.4 Å². The molecule has 2 amide bonds. The van der Waals surface area contributed by atoms with Crippen molar-refractivity contribution in [1.29, 1.82) is 0 Å². The number of carbonyl (C=O) groups excluding carboxylic acids is 2. The molecule has 0 aliphatic rings. The summed E-state index contributed by atoms with van der Waals surface area (Å²) in [4.78, 5) is 46.1. The highest BCUT2D eigenvalue weighted by Gasteiger charge is 2.21. The Morgan fingerprint density at radius 1 is 1.00 bits per heavy atom. The van der Waals surface area contributed by atoms with Crippen LogP contribution >= 0.6 is 0 Å². The van der Waals surface area contributed by atoms with E-state index in [1.54, 1.807) is 11.5 Å². The van der Waals surface area contributed by atoms with Crippen LogP contribution in [0.4, 0.5) is 0 Å². The fourth-order valence-electron chi connectivity index (χ4n) is 3.85. The van der Waals surface area contributed by atoms with Crippen LogP contribution in [0.15, 0.2) is 71.8 Å². The van der Waals surface area contributed by atoms with Gasteiger partial charge < -0.3 is 20.2 Å². The standard InChI is InChI=1S/C26H27N5O3/c1-17(24-29-21-12-6-7-13-22(21)30-24)28-26(34)20-16-31(15-19(23(20)32)25(33)27-2)14-8-11-18-9-4-3-5-10-18/h3-7,9-10,12-13,15-17H,8,11,14H2,1-2H3,(H,27,33)(H,28,34)(H,29,30). The molecule has 0 bridgehead atoms. The highest BCUT2D eigenvalue weighted by atomic mass is 16.2. The molecule has 0 saturated heterocycles. The van der Waals surface area contributed by atoms with Gasteiger partial charge in [0.1, 0.15) is 17.0 Å². The summed E-state index contributed by atoms with van der Waals surface area (Å²) >= 11 is 0. The number of imidazole rings is 1. The monoisotopic (exact) mass is 457 g/mol. The van der Waals surface area contributed by atoms with Crippen LogP contribution < -0.4 is 16.1 Å². The molecule has 1 unspecified atom stereocenters. The van der Waals surface area contributed by atoms with Gasteiger partial charge in [0.25, 0.3) is 11.8 Å². The lowest BCUT2D eigenvalue weighted by Gasteiger charge is -2.14. The summed E-state index contributed by atoms with van der Waals surface area (Å²) in [6.45, 7) is 2.34. The third-order valence-electron chi connectivity index (χ3n) is 5.69. The minimum Gasteiger partial charge on any atom is -0.355 e. The number of rotatable bonds is 8. The molecule has 0 aliphatic heterocycles. The quantitative estimate of drug-likeness (QED) is 0.377. The third kappa shape index (κ3) is 5.06. The van der Waals surface area contributed by atoms with E-state index in [2.05, 4.69) is 32.7 Å². The van der Waals surface area contributed by atoms with Gasteiger partial charge in [-0.15, -0.1) is 0 Å². The van der Waals surface area contributed by atoms with E-state index in [1.807, 2.05) is 42.5 Å². The fraction of sp³-hybridized carbons (Fsp3) is 0.231. The number of nitrogens with one attached hydrogen (secondary N) is 3. The van der Waals surface area contributed by atoms with Crippen LogP contribution in [0.2, 0.25) is 0 Å². The molecule has 0 saturated carbocycles. The second kappa shape index (κ2) is 10.2. The predicted octanol–water partition coefficient (Wildman–Crippen LogP) is 3.21. The molecule has 0 fully saturated rings. The normalized spacial score (nSPS) is 11.8. The van der Waals surface area contributed by atoms with E-state index < -0.39 is 23.3 Å². The zero-order valence-corrected chi connectivity index (χ0v) is 19.2. The van der Waals surface area contributed by atoms with Crippen molar-refractivity contribution in [2.45, 2.75) is 32.4 Å². The summed E-state index contributed by atoms with van der Waals surface area (Å²) in [6.07, 6.45) is 4.65. The molecule has 2 heterocycles. The van der Waals surface area contributed by atoms with Crippen LogP contribution in [-0.4, -0.2) is 33.4 Å². The molecule has 8 nitrogen and oxygen atoms in total. The molecular weight excluding hydrogens is 430 g/mol. The van der Waals surface area contributed by atoms with E-state index in [0.717, 1.165) is 23.9 Å². The number of fused-ring (bicyclic) bond motifs is 1. The first kappa shape index (κ1) is 23.0. The molecule has 2 aromatic heterocycles. The van der Waals surface area contributed by atoms with Gasteiger partial charge in [0, 0.05) is 26.0 Å². The van der Waals surface area contributed by atoms with Gasteiger partial charge in [0.2, 0.25) is 5.43 Å². The van der Waals surface area contributed by atoms with Gasteiger partial charge in [0.05, 0.1) is 17.1 Å². The largest absolute Gasteiger partial charge is 0.355 e. The van der Waals surface area contributed by atoms with Gasteiger partial charge in [-0.1, -0.05) is 42.5 Å². The Balaban J connectivity index is 1.55. The number of aromatic nitrogens is 3. The average molecular weight is 458 g/mol. The highest BCUT2D eigenvalue weighted by Crippen LogP contribution is 2.16. The first-order chi connectivity index (χ1) is 16.5. The lowest BCUT2D eigenvalue weighted by Crippen LogP contribution is -2.35. The smallest absolute Gasteiger partial charge is 0.257 e. The third-order valence-corrected chi connectivity index (χ3v) is 5.69. The average Bonchev–Trinajstić information content (AvgIpc) is 3.29. The molecule has 34 heavy (non-hydrogen) atoms. The summed E-state index contributed by atoms with van der Waals surface area (Å²) in [5.74, 6) is -0.498. The molecule has 174 valence electrons. The van der Waals surface area contributed by atoms with Gasteiger partial charge in [-0.3, -0.25) is 14.4 Å². The van der Waals surface area contributed by atoms with E-state index in [4.69, 9.17) is 0 Å². The Labute approximate surface area is 197 Å². The number of carbonyl (C=O) groups is 2. The summed E-state index contributed by atoms with van der Waals surface area (Å²) in [5.41, 5.74) is 2.11. The molecule has 0 aliphatic carbocycles. The van der Waals surface area contributed by atoms with Gasteiger partial charge in [0.15, 0.2) is 0 Å². The Kier molecular flexibility index (Phi) is 6.87.